The number of phenols is 1. The SMILES string of the molecule is CC(C)C(NC(=O)c1ccccc1F)C(=O)NN=Cc1ccc(O)cc1. The first-order chi connectivity index (χ1) is 12.4. The summed E-state index contributed by atoms with van der Waals surface area (Å²) in [6.45, 7) is 3.52. The fourth-order valence-electron chi connectivity index (χ4n) is 2.20. The lowest BCUT2D eigenvalue weighted by Crippen LogP contribution is -2.48. The number of carbonyl (C=O) groups excluding carboxylic acids is 2. The second kappa shape index (κ2) is 8.75. The van der Waals surface area contributed by atoms with Gasteiger partial charge in [0, 0.05) is 0 Å². The Labute approximate surface area is 150 Å². The molecule has 2 aromatic carbocycles. The number of rotatable bonds is 6. The van der Waals surface area contributed by atoms with Gasteiger partial charge in [-0.1, -0.05) is 26.0 Å². The molecule has 0 aromatic heterocycles. The maximum Gasteiger partial charge on any atom is 0.262 e. The van der Waals surface area contributed by atoms with Crippen molar-refractivity contribution in [2.75, 3.05) is 0 Å². The number of aromatic hydroxyl groups is 1. The molecule has 6 nitrogen and oxygen atoms in total. The Morgan fingerprint density at radius 2 is 1.77 bits per heavy atom. The molecule has 0 heterocycles. The van der Waals surface area contributed by atoms with Crippen LogP contribution in [0.1, 0.15) is 29.8 Å². The number of nitrogens with zero attached hydrogens (tertiary/aromatic N) is 1. The predicted molar refractivity (Wildman–Crippen MR) is 96.3 cm³/mol. The standard InChI is InChI=1S/C19H20FN3O3/c1-12(2)17(22-18(25)15-5-3-4-6-16(15)20)19(26)23-21-11-13-7-9-14(24)10-8-13/h3-12,17,24H,1-2H3,(H,22,25)(H,23,26). The molecule has 2 aromatic rings. The number of hydrogen-bond acceptors (Lipinski definition) is 4. The van der Waals surface area contributed by atoms with E-state index in [4.69, 9.17) is 0 Å². The third kappa shape index (κ3) is 5.14. The van der Waals surface area contributed by atoms with E-state index in [1.54, 1.807) is 32.0 Å². The quantitative estimate of drug-likeness (QED) is 0.548. The second-order valence-corrected chi connectivity index (χ2v) is 6.00. The first kappa shape index (κ1) is 19.1. The third-order valence-electron chi connectivity index (χ3n) is 3.64. The Balaban J connectivity index is 2.02. The Morgan fingerprint density at radius 1 is 1.12 bits per heavy atom. The molecule has 0 bridgehead atoms. The molecule has 3 N–H and O–H groups in total. The monoisotopic (exact) mass is 357 g/mol. The van der Waals surface area contributed by atoms with Crippen molar-refractivity contribution in [2.24, 2.45) is 11.0 Å². The number of hydrazone groups is 1. The number of carbonyl (C=O) groups is 2. The van der Waals surface area contributed by atoms with Crippen molar-refractivity contribution in [1.29, 1.82) is 0 Å². The maximum absolute atomic E-state index is 13.7. The van der Waals surface area contributed by atoms with Crippen molar-refractivity contribution in [3.05, 3.63) is 65.5 Å². The molecule has 0 aliphatic rings. The van der Waals surface area contributed by atoms with Gasteiger partial charge in [0.05, 0.1) is 11.8 Å². The van der Waals surface area contributed by atoms with Gasteiger partial charge < -0.3 is 10.4 Å². The van der Waals surface area contributed by atoms with E-state index >= 15 is 0 Å². The van der Waals surface area contributed by atoms with Crippen molar-refractivity contribution >= 4 is 18.0 Å². The highest BCUT2D eigenvalue weighted by molar-refractivity contribution is 5.98. The summed E-state index contributed by atoms with van der Waals surface area (Å²) in [5.74, 6) is -1.94. The summed E-state index contributed by atoms with van der Waals surface area (Å²) >= 11 is 0. The van der Waals surface area contributed by atoms with Crippen molar-refractivity contribution in [1.82, 2.24) is 10.7 Å². The van der Waals surface area contributed by atoms with Crippen LogP contribution in [0.3, 0.4) is 0 Å². The molecule has 0 spiro atoms. The smallest absolute Gasteiger partial charge is 0.262 e. The van der Waals surface area contributed by atoms with E-state index < -0.39 is 23.7 Å². The molecule has 0 saturated heterocycles. The number of phenolic OH excluding ortho intramolecular Hbond substituents is 1. The van der Waals surface area contributed by atoms with Crippen LogP contribution < -0.4 is 10.7 Å². The first-order valence-electron chi connectivity index (χ1n) is 8.06. The van der Waals surface area contributed by atoms with Gasteiger partial charge in [-0.2, -0.15) is 5.10 Å². The first-order valence-corrected chi connectivity index (χ1v) is 8.06. The number of hydrogen-bond donors (Lipinski definition) is 3. The molecule has 136 valence electrons. The summed E-state index contributed by atoms with van der Waals surface area (Å²) in [7, 11) is 0. The zero-order valence-corrected chi connectivity index (χ0v) is 14.4. The van der Waals surface area contributed by atoms with Gasteiger partial charge in [0.1, 0.15) is 17.6 Å². The van der Waals surface area contributed by atoms with Crippen molar-refractivity contribution in [3.63, 3.8) is 0 Å². The lowest BCUT2D eigenvalue weighted by Gasteiger charge is -2.20. The minimum absolute atomic E-state index is 0.126. The van der Waals surface area contributed by atoms with E-state index in [1.165, 1.54) is 36.5 Å². The average molecular weight is 357 g/mol. The van der Waals surface area contributed by atoms with Crippen LogP contribution in [-0.4, -0.2) is 29.2 Å². The van der Waals surface area contributed by atoms with Gasteiger partial charge in [0.15, 0.2) is 0 Å². The van der Waals surface area contributed by atoms with Gasteiger partial charge in [0.25, 0.3) is 11.8 Å². The van der Waals surface area contributed by atoms with Gasteiger partial charge >= 0.3 is 0 Å². The second-order valence-electron chi connectivity index (χ2n) is 6.00. The normalized spacial score (nSPS) is 12.2. The highest BCUT2D eigenvalue weighted by Gasteiger charge is 2.25. The van der Waals surface area contributed by atoms with Crippen LogP contribution >= 0.6 is 0 Å². The van der Waals surface area contributed by atoms with Crippen LogP contribution in [0.5, 0.6) is 5.75 Å². The number of benzene rings is 2. The molecule has 2 rings (SSSR count). The number of amides is 2. The molecular weight excluding hydrogens is 337 g/mol. The molecule has 1 unspecified atom stereocenters. The molecule has 0 radical (unpaired) electrons. The predicted octanol–water partition coefficient (Wildman–Crippen LogP) is 2.44. The van der Waals surface area contributed by atoms with Crippen LogP contribution in [0.4, 0.5) is 4.39 Å². The van der Waals surface area contributed by atoms with Crippen molar-refractivity contribution in [3.8, 4) is 5.75 Å². The van der Waals surface area contributed by atoms with Crippen LogP contribution in [0.25, 0.3) is 0 Å². The summed E-state index contributed by atoms with van der Waals surface area (Å²) in [6, 6.07) is 10.9. The average Bonchev–Trinajstić information content (AvgIpc) is 2.61. The molecular formula is C19H20FN3O3. The number of halogens is 1. The van der Waals surface area contributed by atoms with Gasteiger partial charge in [0.2, 0.25) is 0 Å². The molecule has 0 fully saturated rings. The summed E-state index contributed by atoms with van der Waals surface area (Å²) in [4.78, 5) is 24.5. The molecule has 0 saturated carbocycles. The zero-order valence-electron chi connectivity index (χ0n) is 14.4. The van der Waals surface area contributed by atoms with Crippen LogP contribution in [0.15, 0.2) is 53.6 Å². The summed E-state index contributed by atoms with van der Waals surface area (Å²) in [6.07, 6.45) is 1.41. The highest BCUT2D eigenvalue weighted by Crippen LogP contribution is 2.09. The lowest BCUT2D eigenvalue weighted by atomic mass is 10.0. The molecule has 1 atom stereocenters. The van der Waals surface area contributed by atoms with Gasteiger partial charge in [-0.15, -0.1) is 0 Å². The van der Waals surface area contributed by atoms with E-state index in [-0.39, 0.29) is 17.2 Å². The van der Waals surface area contributed by atoms with Gasteiger partial charge in [-0.05, 0) is 47.9 Å². The summed E-state index contributed by atoms with van der Waals surface area (Å²) < 4.78 is 13.7. The fraction of sp³-hybridized carbons (Fsp3) is 0.211. The van der Waals surface area contributed by atoms with E-state index in [0.717, 1.165) is 0 Å². The summed E-state index contributed by atoms with van der Waals surface area (Å²) in [5, 5.41) is 15.6. The Morgan fingerprint density at radius 3 is 2.38 bits per heavy atom. The molecule has 2 amide bonds. The largest absolute Gasteiger partial charge is 0.508 e. The molecule has 26 heavy (non-hydrogen) atoms. The van der Waals surface area contributed by atoms with Crippen LogP contribution in [0, 0.1) is 11.7 Å². The van der Waals surface area contributed by atoms with Crippen molar-refractivity contribution in [2.45, 2.75) is 19.9 Å². The van der Waals surface area contributed by atoms with E-state index in [1.807, 2.05) is 0 Å². The molecule has 0 aliphatic heterocycles. The third-order valence-corrected chi connectivity index (χ3v) is 3.64. The van der Waals surface area contributed by atoms with E-state index in [9.17, 15) is 19.1 Å². The molecule has 0 aliphatic carbocycles. The Bertz CT molecular complexity index is 804. The topological polar surface area (TPSA) is 90.8 Å². The summed E-state index contributed by atoms with van der Waals surface area (Å²) in [5.41, 5.74) is 2.91. The Hall–Kier alpha value is -3.22. The Kier molecular flexibility index (Phi) is 6.43. The lowest BCUT2D eigenvalue weighted by molar-refractivity contribution is -0.123. The van der Waals surface area contributed by atoms with Gasteiger partial charge in [-0.3, -0.25) is 9.59 Å². The molecule has 7 heteroatoms. The van der Waals surface area contributed by atoms with Crippen LogP contribution in [0.2, 0.25) is 0 Å². The van der Waals surface area contributed by atoms with Crippen LogP contribution in [-0.2, 0) is 4.79 Å². The van der Waals surface area contributed by atoms with E-state index in [0.29, 0.717) is 5.56 Å². The van der Waals surface area contributed by atoms with E-state index in [2.05, 4.69) is 15.8 Å². The maximum atomic E-state index is 13.7. The minimum atomic E-state index is -0.876. The highest BCUT2D eigenvalue weighted by atomic mass is 19.1. The fourth-order valence-corrected chi connectivity index (χ4v) is 2.20. The zero-order chi connectivity index (χ0) is 19.1. The number of nitrogens with one attached hydrogen (secondary N) is 2. The minimum Gasteiger partial charge on any atom is -0.508 e. The van der Waals surface area contributed by atoms with Gasteiger partial charge in [-0.25, -0.2) is 9.82 Å². The van der Waals surface area contributed by atoms with Crippen molar-refractivity contribution < 1.29 is 19.1 Å².